The highest BCUT2D eigenvalue weighted by Crippen LogP contribution is 2.37. The molecule has 17 heavy (non-hydrogen) atoms. The molecule has 0 aromatic heterocycles. The number of ketones is 1. The molecule has 1 N–H and O–H groups in total. The fraction of sp³-hybridized carbons (Fsp3) is 0.200. The van der Waals surface area contributed by atoms with Gasteiger partial charge in [0.05, 0.1) is 16.5 Å². The van der Waals surface area contributed by atoms with Gasteiger partial charge in [-0.1, -0.05) is 15.9 Å². The largest absolute Gasteiger partial charge is 0.507 e. The molecule has 0 radical (unpaired) electrons. The number of hydrogen-bond acceptors (Lipinski definition) is 3. The summed E-state index contributed by atoms with van der Waals surface area (Å²) in [5.41, 5.74) is -1.99. The number of phenols is 1. The minimum absolute atomic E-state index is 0.205. The number of alkyl halides is 4. The molecule has 0 bridgehead atoms. The van der Waals surface area contributed by atoms with Crippen LogP contribution >= 0.6 is 15.9 Å². The lowest BCUT2D eigenvalue weighted by Crippen LogP contribution is -2.10. The molecule has 0 aliphatic heterocycles. The van der Waals surface area contributed by atoms with Crippen molar-refractivity contribution in [2.24, 2.45) is 0 Å². The van der Waals surface area contributed by atoms with Crippen molar-refractivity contribution in [3.05, 3.63) is 28.8 Å². The van der Waals surface area contributed by atoms with Crippen LogP contribution in [0.3, 0.4) is 0 Å². The molecule has 0 aliphatic rings. The lowest BCUT2D eigenvalue weighted by atomic mass is 10.0. The molecular formula is C10H5BrF3NO2. The quantitative estimate of drug-likeness (QED) is 0.675. The molecule has 0 spiro atoms. The molecule has 7 heteroatoms. The minimum atomic E-state index is -4.78. The Morgan fingerprint density at radius 2 is 2.06 bits per heavy atom. The number of Topliss-reactive ketones (excluding diaryl/α,β-unsaturated/α-hetero) is 1. The lowest BCUT2D eigenvalue weighted by Gasteiger charge is -2.11. The first-order valence-corrected chi connectivity index (χ1v) is 5.37. The van der Waals surface area contributed by atoms with E-state index in [0.29, 0.717) is 12.1 Å². The van der Waals surface area contributed by atoms with Crippen LogP contribution in [-0.2, 0) is 6.18 Å². The first-order chi connectivity index (χ1) is 7.81. The number of aromatic hydroxyl groups is 1. The number of hydrogen-bond donors (Lipinski definition) is 1. The zero-order chi connectivity index (χ0) is 13.2. The molecule has 0 saturated heterocycles. The molecule has 0 fully saturated rings. The average molecular weight is 308 g/mol. The standard InChI is InChI=1S/C10H5BrF3NO2/c11-3-9(17)6-2-7(10(12,13)14)8(16)1-5(6)4-15/h1-2,16H,3H2. The maximum absolute atomic E-state index is 12.5. The first-order valence-electron chi connectivity index (χ1n) is 4.24. The third-order valence-electron chi connectivity index (χ3n) is 1.98. The van der Waals surface area contributed by atoms with E-state index in [9.17, 15) is 18.0 Å². The molecule has 0 saturated carbocycles. The summed E-state index contributed by atoms with van der Waals surface area (Å²) in [5.74, 6) is -1.73. The van der Waals surface area contributed by atoms with E-state index in [1.54, 1.807) is 6.07 Å². The van der Waals surface area contributed by atoms with Crippen molar-refractivity contribution >= 4 is 21.7 Å². The summed E-state index contributed by atoms with van der Waals surface area (Å²) in [7, 11) is 0. The van der Waals surface area contributed by atoms with Gasteiger partial charge in [-0.05, 0) is 12.1 Å². The van der Waals surface area contributed by atoms with E-state index in [2.05, 4.69) is 15.9 Å². The van der Waals surface area contributed by atoms with Gasteiger partial charge in [0.2, 0.25) is 0 Å². The second-order valence-corrected chi connectivity index (χ2v) is 3.64. The molecule has 1 aromatic carbocycles. The Balaban J connectivity index is 3.50. The maximum Gasteiger partial charge on any atom is 0.419 e. The second-order valence-electron chi connectivity index (χ2n) is 3.08. The molecule has 0 unspecified atom stereocenters. The van der Waals surface area contributed by atoms with E-state index in [1.165, 1.54) is 0 Å². The number of nitrogens with zero attached hydrogens (tertiary/aromatic N) is 1. The summed E-state index contributed by atoms with van der Waals surface area (Å²) in [6, 6.07) is 2.68. The van der Waals surface area contributed by atoms with Gasteiger partial charge in [-0.15, -0.1) is 0 Å². The molecule has 90 valence electrons. The van der Waals surface area contributed by atoms with Crippen molar-refractivity contribution in [3.8, 4) is 11.8 Å². The third kappa shape index (κ3) is 2.77. The Kier molecular flexibility index (Phi) is 3.78. The first kappa shape index (κ1) is 13.5. The van der Waals surface area contributed by atoms with Crippen LogP contribution in [0.5, 0.6) is 5.75 Å². The van der Waals surface area contributed by atoms with Crippen LogP contribution in [0.15, 0.2) is 12.1 Å². The average Bonchev–Trinajstić information content (AvgIpc) is 2.25. The summed E-state index contributed by atoms with van der Waals surface area (Å²) in [6.07, 6.45) is -4.78. The highest BCUT2D eigenvalue weighted by molar-refractivity contribution is 9.09. The summed E-state index contributed by atoms with van der Waals surface area (Å²) in [6.45, 7) is 0. The van der Waals surface area contributed by atoms with Gasteiger partial charge < -0.3 is 5.11 Å². The highest BCUT2D eigenvalue weighted by Gasteiger charge is 2.35. The van der Waals surface area contributed by atoms with Gasteiger partial charge in [-0.3, -0.25) is 4.79 Å². The Bertz CT molecular complexity index is 505. The van der Waals surface area contributed by atoms with Crippen LogP contribution in [-0.4, -0.2) is 16.2 Å². The zero-order valence-electron chi connectivity index (χ0n) is 8.18. The fourth-order valence-electron chi connectivity index (χ4n) is 1.21. The molecule has 0 aliphatic carbocycles. The summed E-state index contributed by atoms with van der Waals surface area (Å²) >= 11 is 2.81. The van der Waals surface area contributed by atoms with Crippen LogP contribution in [0.25, 0.3) is 0 Å². The molecule has 3 nitrogen and oxygen atoms in total. The Morgan fingerprint density at radius 3 is 2.47 bits per heavy atom. The Morgan fingerprint density at radius 1 is 1.47 bits per heavy atom. The van der Waals surface area contributed by atoms with Crippen molar-refractivity contribution in [2.75, 3.05) is 5.33 Å². The predicted molar refractivity (Wildman–Crippen MR) is 55.9 cm³/mol. The highest BCUT2D eigenvalue weighted by atomic mass is 79.9. The topological polar surface area (TPSA) is 61.1 Å². The maximum atomic E-state index is 12.5. The van der Waals surface area contributed by atoms with E-state index in [0.717, 1.165) is 0 Å². The van der Waals surface area contributed by atoms with Crippen molar-refractivity contribution in [3.63, 3.8) is 0 Å². The van der Waals surface area contributed by atoms with Crippen LogP contribution in [0.4, 0.5) is 13.2 Å². The second kappa shape index (κ2) is 4.75. The smallest absolute Gasteiger partial charge is 0.419 e. The zero-order valence-corrected chi connectivity index (χ0v) is 9.76. The SMILES string of the molecule is N#Cc1cc(O)c(C(F)(F)F)cc1C(=O)CBr. The number of carbonyl (C=O) groups excluding carboxylic acids is 1. The van der Waals surface area contributed by atoms with E-state index in [1.807, 2.05) is 0 Å². The van der Waals surface area contributed by atoms with Crippen molar-refractivity contribution in [1.29, 1.82) is 5.26 Å². The molecular weight excluding hydrogens is 303 g/mol. The van der Waals surface area contributed by atoms with Crippen molar-refractivity contribution in [1.82, 2.24) is 0 Å². The number of carbonyl (C=O) groups is 1. The number of phenolic OH excluding ortho intramolecular Hbond substituents is 1. The van der Waals surface area contributed by atoms with Gasteiger partial charge in [0.15, 0.2) is 5.78 Å². The van der Waals surface area contributed by atoms with Gasteiger partial charge in [0.1, 0.15) is 11.8 Å². The fourth-order valence-corrected chi connectivity index (χ4v) is 1.51. The van der Waals surface area contributed by atoms with Crippen molar-refractivity contribution in [2.45, 2.75) is 6.18 Å². The minimum Gasteiger partial charge on any atom is -0.507 e. The molecule has 0 heterocycles. The Labute approximate surface area is 103 Å². The normalized spacial score (nSPS) is 11.0. The summed E-state index contributed by atoms with van der Waals surface area (Å²) in [5, 5.41) is 17.6. The van der Waals surface area contributed by atoms with E-state index in [4.69, 9.17) is 10.4 Å². The van der Waals surface area contributed by atoms with Crippen LogP contribution in [0, 0.1) is 11.3 Å². The number of nitriles is 1. The molecule has 0 atom stereocenters. The van der Waals surface area contributed by atoms with Gasteiger partial charge >= 0.3 is 6.18 Å². The number of rotatable bonds is 2. The van der Waals surface area contributed by atoms with Crippen molar-refractivity contribution < 1.29 is 23.1 Å². The third-order valence-corrected chi connectivity index (χ3v) is 2.49. The lowest BCUT2D eigenvalue weighted by molar-refractivity contribution is -0.138. The van der Waals surface area contributed by atoms with Crippen LogP contribution in [0.2, 0.25) is 0 Å². The molecule has 1 rings (SSSR count). The number of halogens is 4. The predicted octanol–water partition coefficient (Wildman–Crippen LogP) is 2.86. The van der Waals surface area contributed by atoms with E-state index < -0.39 is 23.3 Å². The van der Waals surface area contributed by atoms with Gasteiger partial charge in [0, 0.05) is 5.56 Å². The van der Waals surface area contributed by atoms with Crippen LogP contribution in [0.1, 0.15) is 21.5 Å². The van der Waals surface area contributed by atoms with Gasteiger partial charge in [-0.2, -0.15) is 18.4 Å². The van der Waals surface area contributed by atoms with E-state index in [-0.39, 0.29) is 16.5 Å². The molecule has 1 aromatic rings. The van der Waals surface area contributed by atoms with Crippen LogP contribution < -0.4 is 0 Å². The summed E-state index contributed by atoms with van der Waals surface area (Å²) < 4.78 is 37.4. The van der Waals surface area contributed by atoms with Gasteiger partial charge in [-0.25, -0.2) is 0 Å². The number of benzene rings is 1. The monoisotopic (exact) mass is 307 g/mol. The van der Waals surface area contributed by atoms with E-state index >= 15 is 0 Å². The molecule has 0 amide bonds. The summed E-state index contributed by atoms with van der Waals surface area (Å²) in [4.78, 5) is 11.3. The van der Waals surface area contributed by atoms with Gasteiger partial charge in [0.25, 0.3) is 0 Å². The Hall–Kier alpha value is -1.55.